The predicted octanol–water partition coefficient (Wildman–Crippen LogP) is 3.53. The van der Waals surface area contributed by atoms with Crippen LogP contribution in [0.1, 0.15) is 5.56 Å². The number of thiol groups is 1. The van der Waals surface area contributed by atoms with Gasteiger partial charge in [-0.2, -0.15) is 0 Å². The van der Waals surface area contributed by atoms with Gasteiger partial charge in [0.2, 0.25) is 0 Å². The van der Waals surface area contributed by atoms with Crippen molar-refractivity contribution in [3.05, 3.63) is 48.0 Å². The van der Waals surface area contributed by atoms with E-state index in [0.29, 0.717) is 0 Å². The number of benzene rings is 2. The summed E-state index contributed by atoms with van der Waals surface area (Å²) in [5, 5.41) is 0. The smallest absolute Gasteiger partial charge is 0.0317 e. The Balaban J connectivity index is 2.60. The van der Waals surface area contributed by atoms with Gasteiger partial charge in [-0.25, -0.2) is 0 Å². The van der Waals surface area contributed by atoms with Crippen molar-refractivity contribution < 1.29 is 0 Å². The van der Waals surface area contributed by atoms with E-state index in [1.807, 2.05) is 36.4 Å². The van der Waals surface area contributed by atoms with E-state index in [1.54, 1.807) is 0 Å². The molecule has 2 aromatic rings. The van der Waals surface area contributed by atoms with E-state index < -0.39 is 0 Å². The lowest BCUT2D eigenvalue weighted by Crippen LogP contribution is -1.89. The van der Waals surface area contributed by atoms with Gasteiger partial charge in [-0.15, -0.1) is 12.6 Å². The first kappa shape index (κ1) is 10.1. The van der Waals surface area contributed by atoms with E-state index in [4.69, 9.17) is 5.73 Å². The summed E-state index contributed by atoms with van der Waals surface area (Å²) in [6.07, 6.45) is 0. The van der Waals surface area contributed by atoms with Crippen molar-refractivity contribution in [1.29, 1.82) is 0 Å². The molecule has 0 saturated carbocycles. The molecule has 76 valence electrons. The Kier molecular flexibility index (Phi) is 2.69. The fourth-order valence-electron chi connectivity index (χ4n) is 1.69. The molecule has 0 aliphatic heterocycles. The van der Waals surface area contributed by atoms with E-state index in [2.05, 4.69) is 25.6 Å². The van der Waals surface area contributed by atoms with Crippen molar-refractivity contribution in [1.82, 2.24) is 0 Å². The van der Waals surface area contributed by atoms with Gasteiger partial charge < -0.3 is 5.73 Å². The lowest BCUT2D eigenvalue weighted by molar-refractivity contribution is 1.40. The second kappa shape index (κ2) is 3.99. The Morgan fingerprint density at radius 2 is 1.73 bits per heavy atom. The summed E-state index contributed by atoms with van der Waals surface area (Å²) in [4.78, 5) is 0.991. The van der Waals surface area contributed by atoms with Crippen molar-refractivity contribution in [2.75, 3.05) is 5.73 Å². The Morgan fingerprint density at radius 1 is 1.00 bits per heavy atom. The first-order chi connectivity index (χ1) is 7.18. The van der Waals surface area contributed by atoms with Crippen LogP contribution in [0.5, 0.6) is 0 Å². The van der Waals surface area contributed by atoms with Crippen LogP contribution in [-0.2, 0) is 0 Å². The zero-order valence-electron chi connectivity index (χ0n) is 8.57. The third kappa shape index (κ3) is 2.00. The lowest BCUT2D eigenvalue weighted by Gasteiger charge is -2.09. The average molecular weight is 215 g/mol. The molecule has 2 heteroatoms. The molecule has 15 heavy (non-hydrogen) atoms. The molecule has 1 nitrogen and oxygen atoms in total. The van der Waals surface area contributed by atoms with E-state index in [9.17, 15) is 0 Å². The molecular weight excluding hydrogens is 202 g/mol. The van der Waals surface area contributed by atoms with E-state index in [1.165, 1.54) is 11.1 Å². The maximum absolute atomic E-state index is 5.72. The number of nitrogen functional groups attached to an aromatic ring is 1. The third-order valence-corrected chi connectivity index (χ3v) is 2.83. The van der Waals surface area contributed by atoms with Crippen molar-refractivity contribution in [2.45, 2.75) is 11.8 Å². The highest BCUT2D eigenvalue weighted by Crippen LogP contribution is 2.29. The van der Waals surface area contributed by atoms with Gasteiger partial charge in [0.05, 0.1) is 0 Å². The summed E-state index contributed by atoms with van der Waals surface area (Å²) < 4.78 is 0. The van der Waals surface area contributed by atoms with Gasteiger partial charge in [-0.1, -0.05) is 24.3 Å². The van der Waals surface area contributed by atoms with Gasteiger partial charge in [-0.3, -0.25) is 0 Å². The van der Waals surface area contributed by atoms with Crippen LogP contribution in [0, 0.1) is 6.92 Å². The molecule has 0 aromatic heterocycles. The fourth-order valence-corrected chi connectivity index (χ4v) is 1.97. The minimum Gasteiger partial charge on any atom is -0.399 e. The maximum atomic E-state index is 5.72. The minimum atomic E-state index is 0.799. The number of rotatable bonds is 1. The molecule has 0 unspecified atom stereocenters. The summed E-state index contributed by atoms with van der Waals surface area (Å²) in [7, 11) is 0. The number of nitrogens with two attached hydrogens (primary N) is 1. The molecular formula is C13H13NS. The fraction of sp³-hybridized carbons (Fsp3) is 0.0769. The van der Waals surface area contributed by atoms with Crippen molar-refractivity contribution in [3.63, 3.8) is 0 Å². The van der Waals surface area contributed by atoms with Gasteiger partial charge in [0, 0.05) is 10.6 Å². The molecule has 2 aromatic carbocycles. The van der Waals surface area contributed by atoms with Crippen LogP contribution in [0.25, 0.3) is 11.1 Å². The van der Waals surface area contributed by atoms with Crippen LogP contribution in [-0.4, -0.2) is 0 Å². The van der Waals surface area contributed by atoms with Gasteiger partial charge in [0.25, 0.3) is 0 Å². The Labute approximate surface area is 95.3 Å². The molecule has 0 amide bonds. The molecule has 0 heterocycles. The van der Waals surface area contributed by atoms with Crippen molar-refractivity contribution in [2.24, 2.45) is 0 Å². The standard InChI is InChI=1S/C13H13NS/c1-9-8-10(14)6-7-11(9)12-4-2-3-5-13(12)15/h2-8,15H,14H2,1H3. The van der Waals surface area contributed by atoms with Gasteiger partial charge in [0.1, 0.15) is 0 Å². The summed E-state index contributed by atoms with van der Waals surface area (Å²) in [5.74, 6) is 0. The molecule has 0 fully saturated rings. The Hall–Kier alpha value is -1.41. The quantitative estimate of drug-likeness (QED) is 0.552. The molecule has 2 N–H and O–H groups in total. The van der Waals surface area contributed by atoms with Gasteiger partial charge in [0.15, 0.2) is 0 Å². The summed E-state index contributed by atoms with van der Waals surface area (Å²) >= 11 is 4.45. The molecule has 0 bridgehead atoms. The Morgan fingerprint density at radius 3 is 2.40 bits per heavy atom. The molecule has 0 atom stereocenters. The summed E-state index contributed by atoms with van der Waals surface area (Å²) in [6, 6.07) is 14.0. The monoisotopic (exact) mass is 215 g/mol. The number of hydrogen-bond acceptors (Lipinski definition) is 2. The number of anilines is 1. The third-order valence-electron chi connectivity index (χ3n) is 2.44. The normalized spacial score (nSPS) is 10.3. The van der Waals surface area contributed by atoms with E-state index >= 15 is 0 Å². The lowest BCUT2D eigenvalue weighted by atomic mass is 10.00. The van der Waals surface area contributed by atoms with E-state index in [-0.39, 0.29) is 0 Å². The van der Waals surface area contributed by atoms with E-state index in [0.717, 1.165) is 16.1 Å². The van der Waals surface area contributed by atoms with Crippen LogP contribution < -0.4 is 5.73 Å². The molecule has 2 rings (SSSR count). The van der Waals surface area contributed by atoms with Crippen LogP contribution in [0.2, 0.25) is 0 Å². The van der Waals surface area contributed by atoms with Crippen LogP contribution >= 0.6 is 12.6 Å². The second-order valence-corrected chi connectivity index (χ2v) is 4.07. The van der Waals surface area contributed by atoms with Crippen molar-refractivity contribution in [3.8, 4) is 11.1 Å². The van der Waals surface area contributed by atoms with Gasteiger partial charge >= 0.3 is 0 Å². The zero-order valence-corrected chi connectivity index (χ0v) is 9.46. The topological polar surface area (TPSA) is 26.0 Å². The van der Waals surface area contributed by atoms with Gasteiger partial charge in [-0.05, 0) is 41.8 Å². The number of hydrogen-bond donors (Lipinski definition) is 2. The highest BCUT2D eigenvalue weighted by Gasteiger charge is 2.04. The second-order valence-electron chi connectivity index (χ2n) is 3.59. The highest BCUT2D eigenvalue weighted by molar-refractivity contribution is 7.80. The highest BCUT2D eigenvalue weighted by atomic mass is 32.1. The average Bonchev–Trinajstić information content (AvgIpc) is 2.20. The van der Waals surface area contributed by atoms with Crippen LogP contribution in [0.4, 0.5) is 5.69 Å². The maximum Gasteiger partial charge on any atom is 0.0317 e. The summed E-state index contributed by atoms with van der Waals surface area (Å²) in [6.45, 7) is 2.06. The number of aryl methyl sites for hydroxylation is 1. The molecule has 0 saturated heterocycles. The minimum absolute atomic E-state index is 0.799. The molecule has 0 aliphatic rings. The predicted molar refractivity (Wildman–Crippen MR) is 68.3 cm³/mol. The first-order valence-corrected chi connectivity index (χ1v) is 5.27. The zero-order chi connectivity index (χ0) is 10.8. The Bertz CT molecular complexity index is 492. The molecule has 0 spiro atoms. The summed E-state index contributed by atoms with van der Waals surface area (Å²) in [5.41, 5.74) is 10.0. The molecule has 0 aliphatic carbocycles. The van der Waals surface area contributed by atoms with Crippen LogP contribution in [0.3, 0.4) is 0 Å². The first-order valence-electron chi connectivity index (χ1n) is 4.83. The molecule has 0 radical (unpaired) electrons. The van der Waals surface area contributed by atoms with Crippen LogP contribution in [0.15, 0.2) is 47.4 Å². The van der Waals surface area contributed by atoms with Crippen molar-refractivity contribution >= 4 is 18.3 Å². The largest absolute Gasteiger partial charge is 0.399 e. The SMILES string of the molecule is Cc1cc(N)ccc1-c1ccccc1S.